The molecule has 3 aromatic rings. The summed E-state index contributed by atoms with van der Waals surface area (Å²) in [5.41, 5.74) is 0.221. The fourth-order valence-corrected chi connectivity index (χ4v) is 4.29. The quantitative estimate of drug-likeness (QED) is 0.585. The van der Waals surface area contributed by atoms with Crippen molar-refractivity contribution in [2.75, 3.05) is 23.3 Å². The molecule has 0 saturated carbocycles. The van der Waals surface area contributed by atoms with Gasteiger partial charge < -0.3 is 20.0 Å². The Morgan fingerprint density at radius 1 is 1.12 bits per heavy atom. The summed E-state index contributed by atoms with van der Waals surface area (Å²) in [6, 6.07) is 15.3. The zero-order valence-electron chi connectivity index (χ0n) is 18.0. The highest BCUT2D eigenvalue weighted by atomic mass is 16.3. The molecular weight excluding hydrogens is 424 g/mol. The number of rotatable bonds is 5. The van der Waals surface area contributed by atoms with Crippen LogP contribution in [0.25, 0.3) is 11.0 Å². The van der Waals surface area contributed by atoms with Gasteiger partial charge >= 0.3 is 6.03 Å². The number of carbonyl (C=O) groups excluding carboxylic acids is 4. The summed E-state index contributed by atoms with van der Waals surface area (Å²) in [5.74, 6) is -0.841. The number of nitrogens with one attached hydrogen (secondary N) is 2. The van der Waals surface area contributed by atoms with E-state index in [4.69, 9.17) is 4.42 Å². The van der Waals surface area contributed by atoms with Crippen molar-refractivity contribution in [3.05, 3.63) is 60.4 Å². The van der Waals surface area contributed by atoms with Crippen molar-refractivity contribution >= 4 is 46.1 Å². The molecule has 2 aliphatic heterocycles. The average molecular weight is 446 g/mol. The van der Waals surface area contributed by atoms with E-state index < -0.39 is 29.9 Å². The smallest absolute Gasteiger partial charge is 0.325 e. The molecule has 2 N–H and O–H groups in total. The molecule has 9 nitrogen and oxygen atoms in total. The van der Waals surface area contributed by atoms with Crippen LogP contribution in [0.5, 0.6) is 0 Å². The first-order valence-corrected chi connectivity index (χ1v) is 10.7. The molecule has 0 spiro atoms. The minimum absolute atomic E-state index is 0.00704. The molecule has 2 aromatic carbocycles. The zero-order valence-corrected chi connectivity index (χ0v) is 18.0. The molecule has 3 heterocycles. The molecule has 2 fully saturated rings. The van der Waals surface area contributed by atoms with Gasteiger partial charge in [0.15, 0.2) is 5.54 Å². The number of furan rings is 1. The number of imide groups is 1. The Hall–Kier alpha value is -4.14. The summed E-state index contributed by atoms with van der Waals surface area (Å²) in [5, 5.41) is 6.19. The molecule has 2 saturated heterocycles. The number of urea groups is 1. The van der Waals surface area contributed by atoms with Crippen molar-refractivity contribution in [2.24, 2.45) is 0 Å². The first-order chi connectivity index (χ1) is 15.9. The van der Waals surface area contributed by atoms with Crippen LogP contribution in [0, 0.1) is 0 Å². The maximum Gasteiger partial charge on any atom is 0.325 e. The SMILES string of the molecule is C[C@@]1(c2cc3ccccc3o2)NC(=O)N(CC(=O)Nc2ccccc2N2CCCC2=O)C1=O. The van der Waals surface area contributed by atoms with Gasteiger partial charge in [-0.3, -0.25) is 19.3 Å². The molecule has 1 atom stereocenters. The monoisotopic (exact) mass is 446 g/mol. The molecule has 0 radical (unpaired) electrons. The van der Waals surface area contributed by atoms with Crippen LogP contribution in [-0.2, 0) is 19.9 Å². The van der Waals surface area contributed by atoms with E-state index in [-0.39, 0.29) is 5.91 Å². The molecule has 0 aliphatic carbocycles. The van der Waals surface area contributed by atoms with Gasteiger partial charge in [-0.25, -0.2) is 4.79 Å². The van der Waals surface area contributed by atoms with Gasteiger partial charge in [0.1, 0.15) is 17.9 Å². The van der Waals surface area contributed by atoms with E-state index in [2.05, 4.69) is 10.6 Å². The molecule has 2 aliphatic rings. The standard InChI is InChI=1S/C24H22N4O5/c1-24(19-13-15-7-2-5-10-18(15)33-19)22(31)28(23(32)26-24)14-20(29)25-16-8-3-4-9-17(16)27-12-6-11-21(27)30/h2-5,7-10,13H,6,11-12,14H2,1H3,(H,25,29)(H,26,32)/t24-/m0/s1. The number of fused-ring (bicyclic) bond motifs is 1. The van der Waals surface area contributed by atoms with Crippen LogP contribution >= 0.6 is 0 Å². The summed E-state index contributed by atoms with van der Waals surface area (Å²) in [6.45, 7) is 1.66. The van der Waals surface area contributed by atoms with Crippen LogP contribution in [0.2, 0.25) is 0 Å². The van der Waals surface area contributed by atoms with Crippen molar-refractivity contribution in [2.45, 2.75) is 25.3 Å². The number of para-hydroxylation sites is 3. The van der Waals surface area contributed by atoms with E-state index in [1.165, 1.54) is 0 Å². The summed E-state index contributed by atoms with van der Waals surface area (Å²) < 4.78 is 5.81. The Morgan fingerprint density at radius 2 is 1.88 bits per heavy atom. The average Bonchev–Trinajstić information content (AvgIpc) is 3.48. The fraction of sp³-hybridized carbons (Fsp3) is 0.250. The van der Waals surface area contributed by atoms with E-state index in [1.54, 1.807) is 48.2 Å². The number of hydrogen-bond acceptors (Lipinski definition) is 5. The molecule has 1 aromatic heterocycles. The number of benzene rings is 2. The summed E-state index contributed by atoms with van der Waals surface area (Å²) in [6.07, 6.45) is 1.22. The predicted octanol–water partition coefficient (Wildman–Crippen LogP) is 2.97. The van der Waals surface area contributed by atoms with Crippen LogP contribution < -0.4 is 15.5 Å². The van der Waals surface area contributed by atoms with E-state index in [0.717, 1.165) is 16.7 Å². The Bertz CT molecular complexity index is 1270. The van der Waals surface area contributed by atoms with Crippen LogP contribution in [0.3, 0.4) is 0 Å². The van der Waals surface area contributed by atoms with Gasteiger partial charge in [-0.2, -0.15) is 0 Å². The number of amides is 5. The van der Waals surface area contributed by atoms with Gasteiger partial charge in [-0.05, 0) is 37.6 Å². The van der Waals surface area contributed by atoms with E-state index in [0.29, 0.717) is 35.7 Å². The lowest BCUT2D eigenvalue weighted by atomic mass is 9.99. The molecule has 168 valence electrons. The van der Waals surface area contributed by atoms with Gasteiger partial charge in [-0.15, -0.1) is 0 Å². The Labute approximate surface area is 189 Å². The lowest BCUT2D eigenvalue weighted by Gasteiger charge is -2.21. The topological polar surface area (TPSA) is 112 Å². The number of carbonyl (C=O) groups is 4. The highest BCUT2D eigenvalue weighted by Gasteiger charge is 2.51. The van der Waals surface area contributed by atoms with Crippen LogP contribution in [-0.4, -0.2) is 41.7 Å². The van der Waals surface area contributed by atoms with Gasteiger partial charge in [0.2, 0.25) is 11.8 Å². The normalized spacial score (nSPS) is 20.6. The highest BCUT2D eigenvalue weighted by Crippen LogP contribution is 2.33. The molecule has 5 rings (SSSR count). The first kappa shape index (κ1) is 20.7. The van der Waals surface area contributed by atoms with Gasteiger partial charge in [-0.1, -0.05) is 30.3 Å². The third-order valence-corrected chi connectivity index (χ3v) is 6.04. The Balaban J connectivity index is 1.34. The second kappa shape index (κ2) is 7.77. The van der Waals surface area contributed by atoms with E-state index in [9.17, 15) is 19.2 Å². The predicted molar refractivity (Wildman–Crippen MR) is 120 cm³/mol. The molecule has 33 heavy (non-hydrogen) atoms. The molecule has 0 bridgehead atoms. The molecule has 5 amide bonds. The third kappa shape index (κ3) is 3.51. The zero-order chi connectivity index (χ0) is 23.2. The third-order valence-electron chi connectivity index (χ3n) is 6.04. The maximum absolute atomic E-state index is 13.2. The van der Waals surface area contributed by atoms with Crippen LogP contribution in [0.4, 0.5) is 16.2 Å². The van der Waals surface area contributed by atoms with Crippen LogP contribution in [0.1, 0.15) is 25.5 Å². The summed E-state index contributed by atoms with van der Waals surface area (Å²) >= 11 is 0. The number of anilines is 2. The highest BCUT2D eigenvalue weighted by molar-refractivity contribution is 6.11. The minimum Gasteiger partial charge on any atom is -0.458 e. The minimum atomic E-state index is -1.42. The Kier molecular flexibility index (Phi) is 4.88. The van der Waals surface area contributed by atoms with Gasteiger partial charge in [0.05, 0.1) is 11.4 Å². The lowest BCUT2D eigenvalue weighted by molar-refractivity contribution is -0.134. The summed E-state index contributed by atoms with van der Waals surface area (Å²) in [4.78, 5) is 53.2. The molecular formula is C24H22N4O5. The van der Waals surface area contributed by atoms with Crippen molar-refractivity contribution in [1.82, 2.24) is 10.2 Å². The maximum atomic E-state index is 13.2. The van der Waals surface area contributed by atoms with E-state index >= 15 is 0 Å². The first-order valence-electron chi connectivity index (χ1n) is 10.7. The van der Waals surface area contributed by atoms with Crippen molar-refractivity contribution in [3.8, 4) is 0 Å². The molecule has 0 unspecified atom stereocenters. The Morgan fingerprint density at radius 3 is 2.64 bits per heavy atom. The summed E-state index contributed by atoms with van der Waals surface area (Å²) in [7, 11) is 0. The molecule has 9 heteroatoms. The van der Waals surface area contributed by atoms with Gasteiger partial charge in [0.25, 0.3) is 5.91 Å². The van der Waals surface area contributed by atoms with Crippen molar-refractivity contribution in [1.29, 1.82) is 0 Å². The van der Waals surface area contributed by atoms with Gasteiger partial charge in [0, 0.05) is 18.4 Å². The van der Waals surface area contributed by atoms with E-state index in [1.807, 2.05) is 18.2 Å². The van der Waals surface area contributed by atoms with Crippen molar-refractivity contribution in [3.63, 3.8) is 0 Å². The fourth-order valence-electron chi connectivity index (χ4n) is 4.29. The second-order valence-corrected chi connectivity index (χ2v) is 8.31. The number of hydrogen-bond donors (Lipinski definition) is 2. The largest absolute Gasteiger partial charge is 0.458 e. The lowest BCUT2D eigenvalue weighted by Crippen LogP contribution is -2.42. The van der Waals surface area contributed by atoms with Crippen LogP contribution in [0.15, 0.2) is 59.0 Å². The second-order valence-electron chi connectivity index (χ2n) is 8.31. The number of nitrogens with zero attached hydrogens (tertiary/aromatic N) is 2. The van der Waals surface area contributed by atoms with Crippen molar-refractivity contribution < 1.29 is 23.6 Å².